The van der Waals surface area contributed by atoms with E-state index < -0.39 is 0 Å². The summed E-state index contributed by atoms with van der Waals surface area (Å²) >= 11 is 0. The third-order valence-electron chi connectivity index (χ3n) is 5.14. The van der Waals surface area contributed by atoms with Gasteiger partial charge in [0.15, 0.2) is 0 Å². The number of imidazole rings is 1. The molecular formula is C21H25N5O. The maximum atomic E-state index is 6.05. The minimum atomic E-state index is 0.547. The van der Waals surface area contributed by atoms with Crippen LogP contribution in [0.2, 0.25) is 0 Å². The normalized spacial score (nSPS) is 15.7. The number of piperidine rings is 1. The zero-order chi connectivity index (χ0) is 18.3. The second kappa shape index (κ2) is 8.77. The number of ether oxygens (including phenoxy) is 1. The molecule has 1 aromatic carbocycles. The average molecular weight is 363 g/mol. The van der Waals surface area contributed by atoms with Crippen LogP contribution in [-0.2, 0) is 13.1 Å². The lowest BCUT2D eigenvalue weighted by Gasteiger charge is -2.32. The smallest absolute Gasteiger partial charge is 0.123 e. The van der Waals surface area contributed by atoms with Gasteiger partial charge >= 0.3 is 0 Å². The van der Waals surface area contributed by atoms with Crippen LogP contribution in [0.3, 0.4) is 0 Å². The monoisotopic (exact) mass is 363 g/mol. The van der Waals surface area contributed by atoms with Crippen LogP contribution in [0.1, 0.15) is 30.0 Å². The van der Waals surface area contributed by atoms with Gasteiger partial charge in [0.2, 0.25) is 0 Å². The van der Waals surface area contributed by atoms with E-state index in [2.05, 4.69) is 38.1 Å². The highest BCUT2D eigenvalue weighted by molar-refractivity contribution is 5.33. The van der Waals surface area contributed by atoms with E-state index in [1.54, 1.807) is 12.5 Å². The van der Waals surface area contributed by atoms with Crippen LogP contribution in [0.15, 0.2) is 61.6 Å². The standard InChI is InChI=1S/C21H25N5O/c1-2-4-21(27-14-13-26-12-9-23-17-26)19(3-1)15-25-10-6-18(7-11-25)20-5-8-22-16-24-20/h1-5,8-9,12,16-18H,6-7,10-11,13-15H2. The predicted octanol–water partition coefficient (Wildman–Crippen LogP) is 3.13. The molecule has 0 saturated carbocycles. The Bertz CT molecular complexity index is 814. The molecule has 4 rings (SSSR count). The minimum Gasteiger partial charge on any atom is -0.491 e. The molecule has 6 heteroatoms. The van der Waals surface area contributed by atoms with Crippen LogP contribution in [-0.4, -0.2) is 44.1 Å². The maximum absolute atomic E-state index is 6.05. The third kappa shape index (κ3) is 4.71. The molecule has 2 aromatic heterocycles. The Morgan fingerprint density at radius 2 is 1.93 bits per heavy atom. The topological polar surface area (TPSA) is 56.1 Å². The van der Waals surface area contributed by atoms with Gasteiger partial charge < -0.3 is 9.30 Å². The zero-order valence-corrected chi connectivity index (χ0v) is 15.4. The van der Waals surface area contributed by atoms with Crippen LogP contribution in [0.25, 0.3) is 0 Å². The molecule has 0 bridgehead atoms. The molecule has 1 saturated heterocycles. The fraction of sp³-hybridized carbons (Fsp3) is 0.381. The molecule has 0 atom stereocenters. The first-order chi connectivity index (χ1) is 13.4. The molecule has 27 heavy (non-hydrogen) atoms. The quantitative estimate of drug-likeness (QED) is 0.645. The summed E-state index contributed by atoms with van der Waals surface area (Å²) in [5.74, 6) is 1.53. The van der Waals surface area contributed by atoms with Gasteiger partial charge in [-0.3, -0.25) is 4.90 Å². The van der Waals surface area contributed by atoms with E-state index in [0.29, 0.717) is 12.5 Å². The molecule has 0 radical (unpaired) electrons. The summed E-state index contributed by atoms with van der Waals surface area (Å²) < 4.78 is 8.08. The Hall–Kier alpha value is -2.73. The molecule has 6 nitrogen and oxygen atoms in total. The third-order valence-corrected chi connectivity index (χ3v) is 5.14. The van der Waals surface area contributed by atoms with Crippen molar-refractivity contribution in [3.63, 3.8) is 0 Å². The molecule has 0 amide bonds. The first-order valence-electron chi connectivity index (χ1n) is 9.53. The van der Waals surface area contributed by atoms with Crippen molar-refractivity contribution >= 4 is 0 Å². The van der Waals surface area contributed by atoms with Gasteiger partial charge in [-0.15, -0.1) is 0 Å². The highest BCUT2D eigenvalue weighted by Crippen LogP contribution is 2.28. The minimum absolute atomic E-state index is 0.547. The lowest BCUT2D eigenvalue weighted by atomic mass is 9.93. The lowest BCUT2D eigenvalue weighted by Crippen LogP contribution is -2.32. The number of hydrogen-bond donors (Lipinski definition) is 0. The molecule has 0 aliphatic carbocycles. The first kappa shape index (κ1) is 17.7. The lowest BCUT2D eigenvalue weighted by molar-refractivity contribution is 0.199. The summed E-state index contributed by atoms with van der Waals surface area (Å²) in [6.45, 7) is 4.54. The number of para-hydroxylation sites is 1. The van der Waals surface area contributed by atoms with Crippen LogP contribution in [0.4, 0.5) is 0 Å². The van der Waals surface area contributed by atoms with E-state index >= 15 is 0 Å². The Labute approximate surface area is 159 Å². The first-order valence-corrected chi connectivity index (χ1v) is 9.53. The second-order valence-corrected chi connectivity index (χ2v) is 6.94. The van der Waals surface area contributed by atoms with Crippen molar-refractivity contribution in [2.24, 2.45) is 0 Å². The Morgan fingerprint density at radius 3 is 2.70 bits per heavy atom. The summed E-state index contributed by atoms with van der Waals surface area (Å²) in [4.78, 5) is 15.0. The van der Waals surface area contributed by atoms with E-state index in [0.717, 1.165) is 44.8 Å². The summed E-state index contributed by atoms with van der Waals surface area (Å²) in [6, 6.07) is 10.4. The second-order valence-electron chi connectivity index (χ2n) is 6.94. The Morgan fingerprint density at radius 1 is 1.04 bits per heavy atom. The molecule has 1 aliphatic rings. The van der Waals surface area contributed by atoms with Gasteiger partial charge in [-0.1, -0.05) is 18.2 Å². The van der Waals surface area contributed by atoms with E-state index in [1.807, 2.05) is 35.4 Å². The van der Waals surface area contributed by atoms with Gasteiger partial charge in [0, 0.05) is 42.3 Å². The largest absolute Gasteiger partial charge is 0.491 e. The summed E-state index contributed by atoms with van der Waals surface area (Å²) in [7, 11) is 0. The highest BCUT2D eigenvalue weighted by atomic mass is 16.5. The number of hydrogen-bond acceptors (Lipinski definition) is 5. The van der Waals surface area contributed by atoms with Gasteiger partial charge in [-0.2, -0.15) is 0 Å². The van der Waals surface area contributed by atoms with Crippen molar-refractivity contribution < 1.29 is 4.74 Å². The van der Waals surface area contributed by atoms with Crippen LogP contribution < -0.4 is 4.74 Å². The molecule has 3 aromatic rings. The van der Waals surface area contributed by atoms with Crippen molar-refractivity contribution in [2.45, 2.75) is 31.8 Å². The van der Waals surface area contributed by atoms with Gasteiger partial charge in [-0.05, 0) is 38.1 Å². The molecule has 0 spiro atoms. The van der Waals surface area contributed by atoms with Gasteiger partial charge in [-0.25, -0.2) is 15.0 Å². The van der Waals surface area contributed by atoms with Crippen molar-refractivity contribution in [3.05, 3.63) is 72.8 Å². The maximum Gasteiger partial charge on any atom is 0.123 e. The van der Waals surface area contributed by atoms with Gasteiger partial charge in [0.25, 0.3) is 0 Å². The number of likely N-dealkylation sites (tertiary alicyclic amines) is 1. The zero-order valence-electron chi connectivity index (χ0n) is 15.4. The fourth-order valence-corrected chi connectivity index (χ4v) is 3.63. The average Bonchev–Trinajstić information content (AvgIpc) is 3.24. The fourth-order valence-electron chi connectivity index (χ4n) is 3.63. The molecule has 0 unspecified atom stereocenters. The summed E-state index contributed by atoms with van der Waals surface area (Å²) in [6.07, 6.45) is 11.3. The van der Waals surface area contributed by atoms with Crippen molar-refractivity contribution in [1.82, 2.24) is 24.4 Å². The number of rotatable bonds is 7. The molecule has 1 fully saturated rings. The van der Waals surface area contributed by atoms with E-state index in [9.17, 15) is 0 Å². The molecule has 3 heterocycles. The van der Waals surface area contributed by atoms with Crippen LogP contribution >= 0.6 is 0 Å². The van der Waals surface area contributed by atoms with Crippen molar-refractivity contribution in [3.8, 4) is 5.75 Å². The van der Waals surface area contributed by atoms with E-state index in [4.69, 9.17) is 4.74 Å². The van der Waals surface area contributed by atoms with E-state index in [1.165, 1.54) is 11.3 Å². The Kier molecular flexibility index (Phi) is 5.74. The van der Waals surface area contributed by atoms with Gasteiger partial charge in [0.1, 0.15) is 18.7 Å². The van der Waals surface area contributed by atoms with E-state index in [-0.39, 0.29) is 0 Å². The molecular weight excluding hydrogens is 338 g/mol. The molecule has 1 aliphatic heterocycles. The number of aromatic nitrogens is 4. The SMILES string of the molecule is c1ccc(OCCn2ccnc2)c(CN2CCC(c3ccncn3)CC2)c1. The molecule has 140 valence electrons. The van der Waals surface area contributed by atoms with Crippen molar-refractivity contribution in [1.29, 1.82) is 0 Å². The summed E-state index contributed by atoms with van der Waals surface area (Å²) in [5.41, 5.74) is 2.43. The highest BCUT2D eigenvalue weighted by Gasteiger charge is 2.22. The number of benzene rings is 1. The number of nitrogens with zero attached hydrogens (tertiary/aromatic N) is 5. The molecule has 0 N–H and O–H groups in total. The van der Waals surface area contributed by atoms with Crippen LogP contribution in [0, 0.1) is 0 Å². The summed E-state index contributed by atoms with van der Waals surface area (Å²) in [5, 5.41) is 0. The Balaban J connectivity index is 1.31. The van der Waals surface area contributed by atoms with Gasteiger partial charge in [0.05, 0.1) is 12.9 Å². The predicted molar refractivity (Wildman–Crippen MR) is 103 cm³/mol. The van der Waals surface area contributed by atoms with Crippen molar-refractivity contribution in [2.75, 3.05) is 19.7 Å². The van der Waals surface area contributed by atoms with Crippen LogP contribution in [0.5, 0.6) is 5.75 Å².